The molecule has 0 aromatic carbocycles. The lowest BCUT2D eigenvalue weighted by Gasteiger charge is -2.17. The molecule has 0 atom stereocenters. The molecule has 6 heteroatoms. The summed E-state index contributed by atoms with van der Waals surface area (Å²) < 4.78 is 26.2. The molecule has 18 heavy (non-hydrogen) atoms. The van der Waals surface area contributed by atoms with E-state index in [1.165, 1.54) is 11.9 Å². The van der Waals surface area contributed by atoms with Crippen LogP contribution in [0, 0.1) is 11.8 Å². The molecular formula is C12H16F2N2O2. The molecule has 100 valence electrons. The maximum atomic E-state index is 13.3. The van der Waals surface area contributed by atoms with Crippen LogP contribution in [0.4, 0.5) is 8.78 Å². The van der Waals surface area contributed by atoms with Crippen molar-refractivity contribution in [3.05, 3.63) is 29.6 Å². The van der Waals surface area contributed by atoms with E-state index < -0.39 is 17.7 Å². The number of halogens is 2. The Hall–Kier alpha value is -1.56. The number of rotatable bonds is 6. The van der Waals surface area contributed by atoms with Gasteiger partial charge >= 0.3 is 0 Å². The van der Waals surface area contributed by atoms with Crippen LogP contribution in [-0.2, 0) is 0 Å². The van der Waals surface area contributed by atoms with E-state index in [4.69, 9.17) is 5.11 Å². The Morgan fingerprint density at radius 2 is 2.11 bits per heavy atom. The number of carbonyl (C=O) groups excluding carboxylic acids is 1. The molecule has 0 unspecified atom stereocenters. The third-order valence-electron chi connectivity index (χ3n) is 2.58. The Kier molecular flexibility index (Phi) is 5.64. The molecule has 1 N–H and O–H groups in total. The predicted molar refractivity (Wildman–Crippen MR) is 62.1 cm³/mol. The van der Waals surface area contributed by atoms with Crippen LogP contribution < -0.4 is 0 Å². The van der Waals surface area contributed by atoms with E-state index in [0.29, 0.717) is 19.4 Å². The number of nitrogens with zero attached hydrogens (tertiary/aromatic N) is 2. The average molecular weight is 258 g/mol. The quantitative estimate of drug-likeness (QED) is 0.623. The molecule has 1 rings (SSSR count). The molecule has 1 aromatic heterocycles. The summed E-state index contributed by atoms with van der Waals surface area (Å²) in [5.74, 6) is -3.06. The summed E-state index contributed by atoms with van der Waals surface area (Å²) in [6.45, 7) is 0.546. The van der Waals surface area contributed by atoms with E-state index in [9.17, 15) is 13.6 Å². The largest absolute Gasteiger partial charge is 0.396 e. The molecular weight excluding hydrogens is 242 g/mol. The molecule has 1 heterocycles. The molecule has 1 aromatic rings. The van der Waals surface area contributed by atoms with Crippen LogP contribution in [0.15, 0.2) is 12.3 Å². The molecule has 0 radical (unpaired) electrons. The van der Waals surface area contributed by atoms with Crippen molar-refractivity contribution in [2.24, 2.45) is 0 Å². The van der Waals surface area contributed by atoms with E-state index in [0.717, 1.165) is 18.7 Å². The fourth-order valence-corrected chi connectivity index (χ4v) is 1.53. The van der Waals surface area contributed by atoms with Crippen LogP contribution in [0.2, 0.25) is 0 Å². The van der Waals surface area contributed by atoms with Crippen LogP contribution in [0.1, 0.15) is 29.6 Å². The Bertz CT molecular complexity index is 413. The third-order valence-corrected chi connectivity index (χ3v) is 2.58. The normalized spacial score (nSPS) is 10.4. The molecule has 0 spiro atoms. The summed E-state index contributed by atoms with van der Waals surface area (Å²) in [6, 6.07) is 1.16. The van der Waals surface area contributed by atoms with Gasteiger partial charge in [-0.25, -0.2) is 9.37 Å². The maximum Gasteiger partial charge on any atom is 0.256 e. The van der Waals surface area contributed by atoms with Crippen molar-refractivity contribution in [1.29, 1.82) is 0 Å². The Morgan fingerprint density at radius 1 is 1.39 bits per heavy atom. The van der Waals surface area contributed by atoms with Gasteiger partial charge in [0.1, 0.15) is 0 Å². The van der Waals surface area contributed by atoms with Crippen LogP contribution in [0.25, 0.3) is 0 Å². The molecule has 0 aliphatic carbocycles. The van der Waals surface area contributed by atoms with Gasteiger partial charge in [0.25, 0.3) is 5.91 Å². The summed E-state index contributed by atoms with van der Waals surface area (Å²) in [5.41, 5.74) is -0.313. The lowest BCUT2D eigenvalue weighted by atomic mass is 10.2. The van der Waals surface area contributed by atoms with E-state index in [1.54, 1.807) is 0 Å². The van der Waals surface area contributed by atoms with E-state index in [1.807, 2.05) is 0 Å². The molecule has 0 fully saturated rings. The maximum absolute atomic E-state index is 13.3. The highest BCUT2D eigenvalue weighted by atomic mass is 19.2. The third kappa shape index (κ3) is 3.73. The second-order valence-electron chi connectivity index (χ2n) is 3.97. The first-order valence-electron chi connectivity index (χ1n) is 5.74. The lowest BCUT2D eigenvalue weighted by Crippen LogP contribution is -2.29. The summed E-state index contributed by atoms with van der Waals surface area (Å²) in [4.78, 5) is 16.3. The standard InChI is InChI=1S/C12H16F2N2O2/c1-16(7-3-2-4-8-17)12(18)9-5-6-15-11(14)10(9)13/h5-6,17H,2-4,7-8H2,1H3. The van der Waals surface area contributed by atoms with Crippen LogP contribution in [0.3, 0.4) is 0 Å². The predicted octanol–water partition coefficient (Wildman–Crippen LogP) is 1.59. The SMILES string of the molecule is CN(CCCCCO)C(=O)c1ccnc(F)c1F. The van der Waals surface area contributed by atoms with Gasteiger partial charge in [-0.15, -0.1) is 0 Å². The lowest BCUT2D eigenvalue weighted by molar-refractivity contribution is 0.0786. The van der Waals surface area contributed by atoms with Crippen LogP contribution in [-0.4, -0.2) is 41.1 Å². The van der Waals surface area contributed by atoms with Gasteiger partial charge in [0.2, 0.25) is 5.95 Å². The molecule has 0 aliphatic rings. The summed E-state index contributed by atoms with van der Waals surface area (Å²) in [7, 11) is 1.53. The van der Waals surface area contributed by atoms with E-state index in [2.05, 4.69) is 4.98 Å². The summed E-state index contributed by atoms with van der Waals surface area (Å²) in [6.07, 6.45) is 3.21. The Morgan fingerprint density at radius 3 is 2.78 bits per heavy atom. The van der Waals surface area contributed by atoms with Gasteiger partial charge in [0.15, 0.2) is 5.82 Å². The second-order valence-corrected chi connectivity index (χ2v) is 3.97. The average Bonchev–Trinajstić information content (AvgIpc) is 2.37. The number of aromatic nitrogens is 1. The molecule has 0 saturated carbocycles. The van der Waals surface area contributed by atoms with E-state index >= 15 is 0 Å². The molecule has 0 aliphatic heterocycles. The van der Waals surface area contributed by atoms with Gasteiger partial charge in [-0.2, -0.15) is 4.39 Å². The molecule has 0 bridgehead atoms. The zero-order chi connectivity index (χ0) is 13.5. The van der Waals surface area contributed by atoms with Crippen LogP contribution >= 0.6 is 0 Å². The van der Waals surface area contributed by atoms with Gasteiger partial charge in [0.05, 0.1) is 5.56 Å². The molecule has 1 amide bonds. The Labute approximate surface area is 104 Å². The van der Waals surface area contributed by atoms with Gasteiger partial charge in [-0.3, -0.25) is 4.79 Å². The van der Waals surface area contributed by atoms with Gasteiger partial charge in [-0.05, 0) is 25.3 Å². The van der Waals surface area contributed by atoms with Crippen molar-refractivity contribution in [3.63, 3.8) is 0 Å². The monoisotopic (exact) mass is 258 g/mol. The van der Waals surface area contributed by atoms with Crippen LogP contribution in [0.5, 0.6) is 0 Å². The fraction of sp³-hybridized carbons (Fsp3) is 0.500. The zero-order valence-electron chi connectivity index (χ0n) is 10.2. The molecule has 4 nitrogen and oxygen atoms in total. The number of aliphatic hydroxyl groups excluding tert-OH is 1. The minimum Gasteiger partial charge on any atom is -0.396 e. The fourth-order valence-electron chi connectivity index (χ4n) is 1.53. The Balaban J connectivity index is 2.60. The highest BCUT2D eigenvalue weighted by molar-refractivity contribution is 5.94. The first kappa shape index (κ1) is 14.5. The molecule has 0 saturated heterocycles. The number of amides is 1. The van der Waals surface area contributed by atoms with Crippen molar-refractivity contribution < 1.29 is 18.7 Å². The number of hydrogen-bond acceptors (Lipinski definition) is 3. The van der Waals surface area contributed by atoms with Crippen molar-refractivity contribution >= 4 is 5.91 Å². The number of carbonyl (C=O) groups is 1. The minimum absolute atomic E-state index is 0.113. The number of aliphatic hydroxyl groups is 1. The first-order valence-corrected chi connectivity index (χ1v) is 5.74. The first-order chi connectivity index (χ1) is 8.57. The zero-order valence-corrected chi connectivity index (χ0v) is 10.2. The highest BCUT2D eigenvalue weighted by Gasteiger charge is 2.18. The number of hydrogen-bond donors (Lipinski definition) is 1. The van der Waals surface area contributed by atoms with E-state index in [-0.39, 0.29) is 12.2 Å². The minimum atomic E-state index is -1.27. The van der Waals surface area contributed by atoms with Gasteiger partial charge < -0.3 is 10.0 Å². The van der Waals surface area contributed by atoms with Crippen molar-refractivity contribution in [2.75, 3.05) is 20.2 Å². The smallest absolute Gasteiger partial charge is 0.256 e. The van der Waals surface area contributed by atoms with Crippen molar-refractivity contribution in [3.8, 4) is 0 Å². The van der Waals surface area contributed by atoms with Gasteiger partial charge in [0, 0.05) is 26.4 Å². The number of pyridine rings is 1. The van der Waals surface area contributed by atoms with Gasteiger partial charge in [-0.1, -0.05) is 0 Å². The van der Waals surface area contributed by atoms with Crippen molar-refractivity contribution in [2.45, 2.75) is 19.3 Å². The summed E-state index contributed by atoms with van der Waals surface area (Å²) in [5, 5.41) is 8.61. The second kappa shape index (κ2) is 7.00. The summed E-state index contributed by atoms with van der Waals surface area (Å²) >= 11 is 0. The topological polar surface area (TPSA) is 53.4 Å². The number of unbranched alkanes of at least 4 members (excludes halogenated alkanes) is 2. The van der Waals surface area contributed by atoms with Crippen molar-refractivity contribution in [1.82, 2.24) is 9.88 Å². The highest BCUT2D eigenvalue weighted by Crippen LogP contribution is 2.11.